The molecule has 0 bridgehead atoms. The van der Waals surface area contributed by atoms with Crippen LogP contribution in [0.5, 0.6) is 0 Å². The minimum absolute atomic E-state index is 0.266. The van der Waals surface area contributed by atoms with Crippen LogP contribution >= 0.6 is 0 Å². The van der Waals surface area contributed by atoms with Gasteiger partial charge < -0.3 is 10.0 Å². The van der Waals surface area contributed by atoms with Crippen LogP contribution in [-0.2, 0) is 11.3 Å². The number of carboxylic acids is 1. The van der Waals surface area contributed by atoms with Crippen molar-refractivity contribution in [1.82, 2.24) is 9.97 Å². The van der Waals surface area contributed by atoms with Crippen molar-refractivity contribution >= 4 is 11.8 Å². The zero-order valence-electron chi connectivity index (χ0n) is 14.3. The summed E-state index contributed by atoms with van der Waals surface area (Å²) >= 11 is 0. The third-order valence-corrected chi connectivity index (χ3v) is 4.94. The van der Waals surface area contributed by atoms with Crippen molar-refractivity contribution in [3.05, 3.63) is 54.0 Å². The zero-order valence-corrected chi connectivity index (χ0v) is 14.3. The third kappa shape index (κ3) is 4.53. The summed E-state index contributed by atoms with van der Waals surface area (Å²) in [5.41, 5.74) is 0.393. The molecule has 0 spiro atoms. The Morgan fingerprint density at radius 3 is 2.58 bits per heavy atom. The normalized spacial score (nSPS) is 19.9. The van der Waals surface area contributed by atoms with Crippen LogP contribution in [0.3, 0.4) is 0 Å². The predicted molar refractivity (Wildman–Crippen MR) is 92.5 cm³/mol. The smallest absolute Gasteiger partial charge is 0.306 e. The van der Waals surface area contributed by atoms with E-state index in [1.165, 1.54) is 18.5 Å². The van der Waals surface area contributed by atoms with Crippen molar-refractivity contribution in [2.75, 3.05) is 11.4 Å². The van der Waals surface area contributed by atoms with Gasteiger partial charge in [0.1, 0.15) is 23.8 Å². The number of benzene rings is 1. The standard InChI is InChI=1S/C19H21F2N3O2/c20-16-6-5-15(17(21)9-16)11-24(18-7-8-22-12-23-18)10-13-1-3-14(4-2-13)19(25)26/h5-9,12-14H,1-4,10-11H2,(H,25,26). The maximum atomic E-state index is 14.1. The van der Waals surface area contributed by atoms with E-state index in [-0.39, 0.29) is 12.5 Å². The summed E-state index contributed by atoms with van der Waals surface area (Å²) in [4.78, 5) is 21.2. The van der Waals surface area contributed by atoms with Gasteiger partial charge in [0, 0.05) is 30.9 Å². The van der Waals surface area contributed by atoms with Gasteiger partial charge in [0.15, 0.2) is 0 Å². The first-order valence-corrected chi connectivity index (χ1v) is 8.70. The minimum atomic E-state index is -0.732. The van der Waals surface area contributed by atoms with E-state index in [0.717, 1.165) is 18.9 Å². The lowest BCUT2D eigenvalue weighted by atomic mass is 9.82. The zero-order chi connectivity index (χ0) is 18.5. The van der Waals surface area contributed by atoms with Gasteiger partial charge in [-0.25, -0.2) is 18.7 Å². The van der Waals surface area contributed by atoms with Crippen molar-refractivity contribution in [3.63, 3.8) is 0 Å². The van der Waals surface area contributed by atoms with Crippen LogP contribution in [-0.4, -0.2) is 27.6 Å². The fourth-order valence-corrected chi connectivity index (χ4v) is 3.47. The Bertz CT molecular complexity index is 750. The molecular formula is C19H21F2N3O2. The maximum absolute atomic E-state index is 14.1. The summed E-state index contributed by atoms with van der Waals surface area (Å²) in [6.45, 7) is 0.905. The van der Waals surface area contributed by atoms with Gasteiger partial charge in [0.25, 0.3) is 0 Å². The van der Waals surface area contributed by atoms with E-state index < -0.39 is 17.6 Å². The van der Waals surface area contributed by atoms with Crippen molar-refractivity contribution < 1.29 is 18.7 Å². The lowest BCUT2D eigenvalue weighted by Gasteiger charge is -2.32. The number of aliphatic carboxylic acids is 1. The van der Waals surface area contributed by atoms with Gasteiger partial charge in [-0.2, -0.15) is 0 Å². The summed E-state index contributed by atoms with van der Waals surface area (Å²) in [6, 6.07) is 5.32. The predicted octanol–water partition coefficient (Wildman–Crippen LogP) is 3.65. The number of anilines is 1. The van der Waals surface area contributed by atoms with E-state index in [4.69, 9.17) is 5.11 Å². The Morgan fingerprint density at radius 2 is 1.96 bits per heavy atom. The molecular weight excluding hydrogens is 340 g/mol. The molecule has 0 atom stereocenters. The highest BCUT2D eigenvalue weighted by Gasteiger charge is 2.27. The fraction of sp³-hybridized carbons (Fsp3) is 0.421. The molecule has 1 saturated carbocycles. The number of carbonyl (C=O) groups is 1. The number of hydrogen-bond acceptors (Lipinski definition) is 4. The van der Waals surface area contributed by atoms with Gasteiger partial charge in [-0.15, -0.1) is 0 Å². The maximum Gasteiger partial charge on any atom is 0.306 e. The van der Waals surface area contributed by atoms with Crippen molar-refractivity contribution in [2.45, 2.75) is 32.2 Å². The fourth-order valence-electron chi connectivity index (χ4n) is 3.47. The summed E-state index contributed by atoms with van der Waals surface area (Å²) in [5.74, 6) is -1.21. The molecule has 0 radical (unpaired) electrons. The Balaban J connectivity index is 1.73. The van der Waals surface area contributed by atoms with E-state index in [1.54, 1.807) is 12.3 Å². The molecule has 3 rings (SSSR count). The van der Waals surface area contributed by atoms with E-state index in [1.807, 2.05) is 4.90 Å². The first-order valence-electron chi connectivity index (χ1n) is 8.70. The lowest BCUT2D eigenvalue weighted by molar-refractivity contribution is -0.143. The Hall–Kier alpha value is -2.57. The molecule has 0 saturated heterocycles. The Kier molecular flexibility index (Phi) is 5.75. The van der Waals surface area contributed by atoms with Crippen molar-refractivity contribution in [3.8, 4) is 0 Å². The van der Waals surface area contributed by atoms with Gasteiger partial charge in [-0.3, -0.25) is 4.79 Å². The molecule has 0 amide bonds. The molecule has 1 aromatic heterocycles. The number of halogens is 2. The van der Waals surface area contributed by atoms with E-state index in [0.29, 0.717) is 36.7 Å². The molecule has 5 nitrogen and oxygen atoms in total. The topological polar surface area (TPSA) is 66.3 Å². The second kappa shape index (κ2) is 8.21. The monoisotopic (exact) mass is 361 g/mol. The lowest BCUT2D eigenvalue weighted by Crippen LogP contribution is -2.33. The number of nitrogens with zero attached hydrogens (tertiary/aromatic N) is 3. The molecule has 1 heterocycles. The molecule has 1 aliphatic rings. The Labute approximate surface area is 150 Å². The number of hydrogen-bond donors (Lipinski definition) is 1. The van der Waals surface area contributed by atoms with E-state index in [9.17, 15) is 13.6 Å². The molecule has 26 heavy (non-hydrogen) atoms. The average molecular weight is 361 g/mol. The van der Waals surface area contributed by atoms with Crippen LogP contribution in [0.1, 0.15) is 31.2 Å². The van der Waals surface area contributed by atoms with E-state index >= 15 is 0 Å². The minimum Gasteiger partial charge on any atom is -0.481 e. The molecule has 1 fully saturated rings. The summed E-state index contributed by atoms with van der Waals surface area (Å²) in [5, 5.41) is 9.13. The number of aromatic nitrogens is 2. The van der Waals surface area contributed by atoms with Gasteiger partial charge in [-0.1, -0.05) is 6.07 Å². The van der Waals surface area contributed by atoms with Gasteiger partial charge in [-0.05, 0) is 43.7 Å². The van der Waals surface area contributed by atoms with Gasteiger partial charge in [0.2, 0.25) is 0 Å². The van der Waals surface area contributed by atoms with Crippen LogP contribution in [0.2, 0.25) is 0 Å². The average Bonchev–Trinajstić information content (AvgIpc) is 2.64. The van der Waals surface area contributed by atoms with Gasteiger partial charge >= 0.3 is 5.97 Å². The second-order valence-corrected chi connectivity index (χ2v) is 6.74. The molecule has 2 aromatic rings. The summed E-state index contributed by atoms with van der Waals surface area (Å²) in [6.07, 6.45) is 5.99. The molecule has 1 aromatic carbocycles. The largest absolute Gasteiger partial charge is 0.481 e. The van der Waals surface area contributed by atoms with Crippen molar-refractivity contribution in [2.24, 2.45) is 11.8 Å². The van der Waals surface area contributed by atoms with Crippen LogP contribution in [0.25, 0.3) is 0 Å². The summed E-state index contributed by atoms with van der Waals surface area (Å²) < 4.78 is 27.2. The first kappa shape index (κ1) is 18.2. The molecule has 138 valence electrons. The summed E-state index contributed by atoms with van der Waals surface area (Å²) in [7, 11) is 0. The highest BCUT2D eigenvalue weighted by molar-refractivity contribution is 5.70. The van der Waals surface area contributed by atoms with Crippen LogP contribution in [0.15, 0.2) is 36.8 Å². The molecule has 1 aliphatic carbocycles. The first-order chi connectivity index (χ1) is 12.5. The van der Waals surface area contributed by atoms with Crippen LogP contribution in [0, 0.1) is 23.5 Å². The number of carboxylic acid groups (broad SMARTS) is 1. The number of rotatable bonds is 6. The highest BCUT2D eigenvalue weighted by atomic mass is 19.1. The van der Waals surface area contributed by atoms with Crippen LogP contribution in [0.4, 0.5) is 14.6 Å². The van der Waals surface area contributed by atoms with E-state index in [2.05, 4.69) is 9.97 Å². The third-order valence-electron chi connectivity index (χ3n) is 4.94. The molecule has 1 N–H and O–H groups in total. The van der Waals surface area contributed by atoms with Crippen molar-refractivity contribution in [1.29, 1.82) is 0 Å². The molecule has 0 aliphatic heterocycles. The SMILES string of the molecule is O=C(O)C1CCC(CN(Cc2ccc(F)cc2F)c2ccncn2)CC1. The molecule has 7 heteroatoms. The second-order valence-electron chi connectivity index (χ2n) is 6.74. The van der Waals surface area contributed by atoms with Crippen LogP contribution < -0.4 is 4.90 Å². The Morgan fingerprint density at radius 1 is 1.19 bits per heavy atom. The quantitative estimate of drug-likeness (QED) is 0.851. The highest BCUT2D eigenvalue weighted by Crippen LogP contribution is 2.31. The van der Waals surface area contributed by atoms with Gasteiger partial charge in [0.05, 0.1) is 5.92 Å². The molecule has 0 unspecified atom stereocenters.